The maximum atomic E-state index is 12.1. The zero-order valence-electron chi connectivity index (χ0n) is 8.52. The van der Waals surface area contributed by atoms with Crippen molar-refractivity contribution >= 4 is 40.0 Å². The Balaban J connectivity index is 3.22. The first kappa shape index (κ1) is 14.6. The summed E-state index contributed by atoms with van der Waals surface area (Å²) in [5.74, 6) is -1.13. The molecule has 7 heteroatoms. The van der Waals surface area contributed by atoms with E-state index in [4.69, 9.17) is 11.6 Å². The molecule has 2 nitrogen and oxygen atoms in total. The zero-order chi connectivity index (χ0) is 13.2. The lowest BCUT2D eigenvalue weighted by Crippen LogP contribution is -2.21. The summed E-state index contributed by atoms with van der Waals surface area (Å²) in [7, 11) is 0. The molecule has 0 fully saturated rings. The Morgan fingerprint density at radius 1 is 1.47 bits per heavy atom. The number of carbonyl (C=O) groups is 1. The Kier molecular flexibility index (Phi) is 4.65. The summed E-state index contributed by atoms with van der Waals surface area (Å²) in [5.41, 5.74) is -0.145. The molecule has 0 aliphatic rings. The van der Waals surface area contributed by atoms with Gasteiger partial charge in [0.05, 0.1) is 10.9 Å². The molecular weight excluding hydrogens is 371 g/mol. The summed E-state index contributed by atoms with van der Waals surface area (Å²) in [6.45, 7) is 1.39. The van der Waals surface area contributed by atoms with Crippen LogP contribution < -0.4 is 4.74 Å². The van der Waals surface area contributed by atoms with Crippen LogP contribution in [0.2, 0.25) is 0 Å². The summed E-state index contributed by atoms with van der Waals surface area (Å²) < 4.78 is 40.6. The monoisotopic (exact) mass is 378 g/mol. The molecule has 17 heavy (non-hydrogen) atoms. The van der Waals surface area contributed by atoms with Gasteiger partial charge in [-0.05, 0) is 41.6 Å². The van der Waals surface area contributed by atoms with Crippen molar-refractivity contribution < 1.29 is 22.7 Å². The van der Waals surface area contributed by atoms with Crippen molar-refractivity contribution in [3.8, 4) is 5.75 Å². The number of carbonyl (C=O) groups excluding carboxylic acids is 1. The van der Waals surface area contributed by atoms with Crippen LogP contribution in [0.1, 0.15) is 17.3 Å². The van der Waals surface area contributed by atoms with E-state index in [1.54, 1.807) is 22.6 Å². The fourth-order valence-electron chi connectivity index (χ4n) is 1.15. The molecule has 0 amide bonds. The second-order valence-electron chi connectivity index (χ2n) is 3.14. The van der Waals surface area contributed by atoms with Crippen LogP contribution in [-0.4, -0.2) is 17.5 Å². The van der Waals surface area contributed by atoms with Crippen molar-refractivity contribution in [2.45, 2.75) is 18.7 Å². The minimum Gasteiger partial charge on any atom is -0.405 e. The summed E-state index contributed by atoms with van der Waals surface area (Å²) in [6, 6.07) is 3.97. The molecule has 0 aliphatic carbocycles. The average molecular weight is 379 g/mol. The van der Waals surface area contributed by atoms with Gasteiger partial charge in [0.25, 0.3) is 0 Å². The molecular formula is C10H7ClF3IO2. The smallest absolute Gasteiger partial charge is 0.405 e. The summed E-state index contributed by atoms with van der Waals surface area (Å²) in [4.78, 5) is 11.7. The van der Waals surface area contributed by atoms with Crippen LogP contribution in [0.3, 0.4) is 0 Å². The molecule has 1 aromatic carbocycles. The lowest BCUT2D eigenvalue weighted by molar-refractivity contribution is -0.274. The molecule has 0 spiro atoms. The Morgan fingerprint density at radius 2 is 2.06 bits per heavy atom. The second-order valence-corrected chi connectivity index (χ2v) is 4.96. The average Bonchev–Trinajstić information content (AvgIpc) is 2.14. The lowest BCUT2D eigenvalue weighted by Gasteiger charge is -2.14. The van der Waals surface area contributed by atoms with Gasteiger partial charge in [-0.2, -0.15) is 0 Å². The minimum absolute atomic E-state index is 0.145. The third-order valence-electron chi connectivity index (χ3n) is 1.81. The predicted molar refractivity (Wildman–Crippen MR) is 65.5 cm³/mol. The van der Waals surface area contributed by atoms with E-state index in [0.717, 1.165) is 6.07 Å². The molecule has 0 aliphatic heterocycles. The number of ether oxygens (including phenoxy) is 1. The predicted octanol–water partition coefficient (Wildman–Crippen LogP) is 4.00. The van der Waals surface area contributed by atoms with Gasteiger partial charge >= 0.3 is 6.36 Å². The molecule has 1 atom stereocenters. The number of Topliss-reactive ketones (excluding diaryl/α,β-unsaturated/α-hetero) is 1. The number of ketones is 1. The molecule has 1 unspecified atom stereocenters. The highest BCUT2D eigenvalue weighted by atomic mass is 127. The SMILES string of the molecule is CC(Cl)C(=O)c1c(I)cccc1OC(F)(F)F. The summed E-state index contributed by atoms with van der Waals surface area (Å²) in [6.07, 6.45) is -4.84. The highest BCUT2D eigenvalue weighted by molar-refractivity contribution is 14.1. The third kappa shape index (κ3) is 4.02. The molecule has 0 bridgehead atoms. The molecule has 0 saturated carbocycles. The van der Waals surface area contributed by atoms with Crippen LogP contribution in [0.25, 0.3) is 0 Å². The van der Waals surface area contributed by atoms with Gasteiger partial charge in [-0.15, -0.1) is 24.8 Å². The van der Waals surface area contributed by atoms with Gasteiger partial charge in [-0.3, -0.25) is 4.79 Å². The highest BCUT2D eigenvalue weighted by Gasteiger charge is 2.33. The zero-order valence-corrected chi connectivity index (χ0v) is 11.4. The Bertz CT molecular complexity index is 432. The lowest BCUT2D eigenvalue weighted by atomic mass is 10.1. The van der Waals surface area contributed by atoms with Crippen LogP contribution in [-0.2, 0) is 0 Å². The topological polar surface area (TPSA) is 26.3 Å². The van der Waals surface area contributed by atoms with Crippen LogP contribution >= 0.6 is 34.2 Å². The molecule has 0 aromatic heterocycles. The summed E-state index contributed by atoms with van der Waals surface area (Å²) >= 11 is 7.35. The van der Waals surface area contributed by atoms with Gasteiger partial charge in [0.1, 0.15) is 5.75 Å². The van der Waals surface area contributed by atoms with Gasteiger partial charge < -0.3 is 4.74 Å². The van der Waals surface area contributed by atoms with E-state index >= 15 is 0 Å². The molecule has 0 radical (unpaired) electrons. The van der Waals surface area contributed by atoms with Crippen molar-refractivity contribution in [3.63, 3.8) is 0 Å². The normalized spacial score (nSPS) is 13.3. The second kappa shape index (κ2) is 5.43. The Hall–Kier alpha value is -0.500. The van der Waals surface area contributed by atoms with Crippen molar-refractivity contribution in [2.24, 2.45) is 0 Å². The number of hydrogen-bond donors (Lipinski definition) is 0. The molecule has 1 aromatic rings. The van der Waals surface area contributed by atoms with Gasteiger partial charge in [-0.1, -0.05) is 6.07 Å². The van der Waals surface area contributed by atoms with Crippen LogP contribution in [0.5, 0.6) is 5.75 Å². The number of halogens is 5. The Morgan fingerprint density at radius 3 is 2.53 bits per heavy atom. The van der Waals surface area contributed by atoms with E-state index in [1.165, 1.54) is 19.1 Å². The number of alkyl halides is 4. The van der Waals surface area contributed by atoms with E-state index in [0.29, 0.717) is 3.57 Å². The van der Waals surface area contributed by atoms with Gasteiger partial charge in [-0.25, -0.2) is 0 Å². The highest BCUT2D eigenvalue weighted by Crippen LogP contribution is 2.30. The van der Waals surface area contributed by atoms with Crippen molar-refractivity contribution in [3.05, 3.63) is 27.3 Å². The number of hydrogen-bond acceptors (Lipinski definition) is 2. The quantitative estimate of drug-likeness (QED) is 0.451. The third-order valence-corrected chi connectivity index (χ3v) is 2.91. The van der Waals surface area contributed by atoms with Gasteiger partial charge in [0.2, 0.25) is 0 Å². The van der Waals surface area contributed by atoms with Gasteiger partial charge in [0.15, 0.2) is 5.78 Å². The van der Waals surface area contributed by atoms with Crippen LogP contribution in [0.15, 0.2) is 18.2 Å². The molecule has 0 saturated heterocycles. The first-order valence-electron chi connectivity index (χ1n) is 4.45. The maximum absolute atomic E-state index is 12.1. The van der Waals surface area contributed by atoms with Crippen molar-refractivity contribution in [1.29, 1.82) is 0 Å². The van der Waals surface area contributed by atoms with E-state index in [-0.39, 0.29) is 5.56 Å². The van der Waals surface area contributed by atoms with Crippen molar-refractivity contribution in [1.82, 2.24) is 0 Å². The molecule has 0 N–H and O–H groups in total. The molecule has 94 valence electrons. The van der Waals surface area contributed by atoms with Crippen LogP contribution in [0, 0.1) is 3.57 Å². The minimum atomic E-state index is -4.84. The van der Waals surface area contributed by atoms with E-state index in [2.05, 4.69) is 4.74 Å². The molecule has 1 rings (SSSR count). The van der Waals surface area contributed by atoms with Crippen molar-refractivity contribution in [2.75, 3.05) is 0 Å². The van der Waals surface area contributed by atoms with E-state index in [1.807, 2.05) is 0 Å². The largest absolute Gasteiger partial charge is 0.573 e. The van der Waals surface area contributed by atoms with Gasteiger partial charge in [0, 0.05) is 3.57 Å². The first-order chi connectivity index (χ1) is 7.72. The number of benzene rings is 1. The fraction of sp³-hybridized carbons (Fsp3) is 0.300. The fourth-order valence-corrected chi connectivity index (χ4v) is 2.00. The Labute approximate surface area is 114 Å². The number of rotatable bonds is 3. The molecule has 0 heterocycles. The van der Waals surface area contributed by atoms with E-state index in [9.17, 15) is 18.0 Å². The first-order valence-corrected chi connectivity index (χ1v) is 5.96. The maximum Gasteiger partial charge on any atom is 0.573 e. The standard InChI is InChI=1S/C10H7ClF3IO2/c1-5(11)9(16)8-6(15)3-2-4-7(8)17-10(12,13)14/h2-5H,1H3. The van der Waals surface area contributed by atoms with Crippen LogP contribution in [0.4, 0.5) is 13.2 Å². The summed E-state index contributed by atoms with van der Waals surface area (Å²) in [5, 5.41) is -0.915. The van der Waals surface area contributed by atoms with E-state index < -0.39 is 23.3 Å².